The number of hydrogen-bond acceptors (Lipinski definition) is 6. The fraction of sp³-hybridized carbons (Fsp3) is 0.412. The summed E-state index contributed by atoms with van der Waals surface area (Å²) in [6.45, 7) is 1.85. The van der Waals surface area contributed by atoms with Gasteiger partial charge in [0.1, 0.15) is 11.5 Å². The van der Waals surface area contributed by atoms with Crippen molar-refractivity contribution in [1.82, 2.24) is 9.80 Å². The lowest BCUT2D eigenvalue weighted by atomic mass is 9.99. The summed E-state index contributed by atoms with van der Waals surface area (Å²) in [7, 11) is 5.80. The third-order valence-electron chi connectivity index (χ3n) is 4.07. The molecule has 134 valence electrons. The molecule has 0 spiro atoms. The molecule has 1 aliphatic rings. The van der Waals surface area contributed by atoms with E-state index in [0.717, 1.165) is 15.4 Å². The Morgan fingerprint density at radius 2 is 1.48 bits per heavy atom. The van der Waals surface area contributed by atoms with Crippen LogP contribution in [-0.2, 0) is 16.1 Å². The van der Waals surface area contributed by atoms with Crippen LogP contribution in [0.15, 0.2) is 23.2 Å². The lowest BCUT2D eigenvalue weighted by Gasteiger charge is -2.32. The van der Waals surface area contributed by atoms with Gasteiger partial charge in [0.15, 0.2) is 5.92 Å². The van der Waals surface area contributed by atoms with Gasteiger partial charge in [-0.15, -0.1) is 0 Å². The number of methoxy groups -OCH3 is 2. The second kappa shape index (κ2) is 7.33. The van der Waals surface area contributed by atoms with Gasteiger partial charge in [-0.3, -0.25) is 24.4 Å². The molecule has 0 atom stereocenters. The molecule has 0 aromatic heterocycles. The number of nitrogens with zero attached hydrogens (tertiary/aromatic N) is 3. The smallest absolute Gasteiger partial charge is 0.332 e. The van der Waals surface area contributed by atoms with E-state index in [4.69, 9.17) is 9.47 Å². The van der Waals surface area contributed by atoms with Crippen LogP contribution in [0.4, 0.5) is 4.79 Å². The largest absolute Gasteiger partial charge is 0.497 e. The Labute approximate surface area is 146 Å². The molecule has 8 heteroatoms. The number of hydrogen-bond donors (Lipinski definition) is 0. The number of barbiturate groups is 1. The van der Waals surface area contributed by atoms with Gasteiger partial charge in [-0.25, -0.2) is 4.79 Å². The van der Waals surface area contributed by atoms with E-state index in [1.807, 2.05) is 0 Å². The van der Waals surface area contributed by atoms with E-state index in [1.165, 1.54) is 14.1 Å². The molecule has 0 N–H and O–H groups in total. The minimum Gasteiger partial charge on any atom is -0.497 e. The molecule has 1 aromatic rings. The summed E-state index contributed by atoms with van der Waals surface area (Å²) < 4.78 is 10.4. The Morgan fingerprint density at radius 1 is 1.00 bits per heavy atom. The molecule has 0 aliphatic carbocycles. The minimum absolute atomic E-state index is 0.248. The maximum Gasteiger partial charge on any atom is 0.332 e. The summed E-state index contributed by atoms with van der Waals surface area (Å²) >= 11 is 0. The van der Waals surface area contributed by atoms with Crippen LogP contribution in [-0.4, -0.2) is 61.7 Å². The number of aliphatic imine (C=N–C) groups is 1. The molecule has 2 rings (SSSR count). The first-order chi connectivity index (χ1) is 11.8. The molecule has 1 aromatic carbocycles. The summed E-state index contributed by atoms with van der Waals surface area (Å²) in [4.78, 5) is 42.6. The highest BCUT2D eigenvalue weighted by Crippen LogP contribution is 2.23. The van der Waals surface area contributed by atoms with Crippen LogP contribution >= 0.6 is 0 Å². The summed E-state index contributed by atoms with van der Waals surface area (Å²) in [6.07, 6.45) is 0. The molecule has 0 unspecified atom stereocenters. The van der Waals surface area contributed by atoms with E-state index >= 15 is 0 Å². The molecule has 0 bridgehead atoms. The lowest BCUT2D eigenvalue weighted by molar-refractivity contribution is -0.144. The normalized spacial score (nSPS) is 16.5. The van der Waals surface area contributed by atoms with Crippen molar-refractivity contribution in [1.29, 1.82) is 0 Å². The number of amides is 4. The van der Waals surface area contributed by atoms with Crippen LogP contribution < -0.4 is 9.47 Å². The van der Waals surface area contributed by atoms with Gasteiger partial charge in [0.25, 0.3) is 0 Å². The average molecular weight is 347 g/mol. The Bertz CT molecular complexity index is 698. The summed E-state index contributed by atoms with van der Waals surface area (Å²) in [5, 5.41) is 0. The molecule has 1 saturated heterocycles. The molecule has 1 fully saturated rings. The fourth-order valence-electron chi connectivity index (χ4n) is 2.53. The van der Waals surface area contributed by atoms with E-state index in [2.05, 4.69) is 4.99 Å². The highest BCUT2D eigenvalue weighted by atomic mass is 16.5. The standard InChI is InChI=1S/C17H21N3O5/c1-10(14-15(21)19(2)17(23)20(3)16(14)22)18-9-11-6-12(24-4)8-13(7-11)25-5/h6-8,14H,9H2,1-5H3. The van der Waals surface area contributed by atoms with Crippen LogP contribution in [0.5, 0.6) is 11.5 Å². The van der Waals surface area contributed by atoms with Crippen molar-refractivity contribution in [2.45, 2.75) is 13.5 Å². The zero-order chi connectivity index (χ0) is 18.7. The summed E-state index contributed by atoms with van der Waals surface area (Å²) in [6, 6.07) is 4.69. The number of ether oxygens (including phenoxy) is 2. The SMILES string of the molecule is COc1cc(CN=C(C)C2C(=O)N(C)C(=O)N(C)C2=O)cc(OC)c1. The third-order valence-corrected chi connectivity index (χ3v) is 4.07. The molecule has 8 nitrogen and oxygen atoms in total. The maximum absolute atomic E-state index is 12.3. The van der Waals surface area contributed by atoms with Crippen LogP contribution in [0.3, 0.4) is 0 Å². The Kier molecular flexibility index (Phi) is 5.41. The maximum atomic E-state index is 12.3. The molecule has 25 heavy (non-hydrogen) atoms. The van der Waals surface area contributed by atoms with Crippen LogP contribution in [0.25, 0.3) is 0 Å². The van der Waals surface area contributed by atoms with Crippen molar-refractivity contribution in [2.24, 2.45) is 10.9 Å². The van der Waals surface area contributed by atoms with Crippen molar-refractivity contribution >= 4 is 23.6 Å². The van der Waals surface area contributed by atoms with E-state index in [1.54, 1.807) is 39.3 Å². The average Bonchev–Trinajstić information content (AvgIpc) is 2.62. The number of benzene rings is 1. The lowest BCUT2D eigenvalue weighted by Crippen LogP contribution is -2.58. The Hall–Kier alpha value is -2.90. The highest BCUT2D eigenvalue weighted by Gasteiger charge is 2.43. The molecule has 1 aliphatic heterocycles. The number of rotatable bonds is 5. The molecular formula is C17H21N3O5. The van der Waals surface area contributed by atoms with Gasteiger partial charge in [-0.1, -0.05) is 0 Å². The number of carbonyl (C=O) groups is 3. The van der Waals surface area contributed by atoms with Crippen molar-refractivity contribution < 1.29 is 23.9 Å². The van der Waals surface area contributed by atoms with E-state index in [9.17, 15) is 14.4 Å². The molecule has 0 saturated carbocycles. The first-order valence-corrected chi connectivity index (χ1v) is 7.62. The van der Waals surface area contributed by atoms with Gasteiger partial charge in [-0.2, -0.15) is 0 Å². The van der Waals surface area contributed by atoms with Crippen LogP contribution in [0, 0.1) is 5.92 Å². The van der Waals surface area contributed by atoms with E-state index in [-0.39, 0.29) is 6.54 Å². The minimum atomic E-state index is -1.08. The Morgan fingerprint density at radius 3 is 1.92 bits per heavy atom. The zero-order valence-corrected chi connectivity index (χ0v) is 14.9. The van der Waals surface area contributed by atoms with E-state index < -0.39 is 23.8 Å². The molecule has 1 heterocycles. The second-order valence-electron chi connectivity index (χ2n) is 5.69. The van der Waals surface area contributed by atoms with Crippen molar-refractivity contribution in [3.63, 3.8) is 0 Å². The number of urea groups is 1. The second-order valence-corrected chi connectivity index (χ2v) is 5.69. The summed E-state index contributed by atoms with van der Waals surface area (Å²) in [5.41, 5.74) is 1.16. The van der Waals surface area contributed by atoms with Gasteiger partial charge in [0.05, 0.1) is 20.8 Å². The predicted molar refractivity (Wildman–Crippen MR) is 90.8 cm³/mol. The highest BCUT2D eigenvalue weighted by molar-refractivity contribution is 6.26. The van der Waals surface area contributed by atoms with Gasteiger partial charge in [-0.05, 0) is 24.6 Å². The van der Waals surface area contributed by atoms with Crippen LogP contribution in [0.2, 0.25) is 0 Å². The predicted octanol–water partition coefficient (Wildman–Crippen LogP) is 1.33. The van der Waals surface area contributed by atoms with Crippen molar-refractivity contribution in [3.05, 3.63) is 23.8 Å². The van der Waals surface area contributed by atoms with Gasteiger partial charge in [0.2, 0.25) is 11.8 Å². The molecule has 4 amide bonds. The fourth-order valence-corrected chi connectivity index (χ4v) is 2.53. The number of carbonyl (C=O) groups excluding carboxylic acids is 3. The molecular weight excluding hydrogens is 326 g/mol. The monoisotopic (exact) mass is 347 g/mol. The zero-order valence-electron chi connectivity index (χ0n) is 14.9. The summed E-state index contributed by atoms with van der Waals surface area (Å²) in [5.74, 6) is -0.982. The van der Waals surface area contributed by atoms with Gasteiger partial charge >= 0.3 is 6.03 Å². The first kappa shape index (κ1) is 18.4. The van der Waals surface area contributed by atoms with Gasteiger partial charge < -0.3 is 9.47 Å². The first-order valence-electron chi connectivity index (χ1n) is 7.62. The van der Waals surface area contributed by atoms with Crippen molar-refractivity contribution in [3.8, 4) is 11.5 Å². The van der Waals surface area contributed by atoms with E-state index in [0.29, 0.717) is 17.2 Å². The quantitative estimate of drug-likeness (QED) is 0.592. The third kappa shape index (κ3) is 3.62. The van der Waals surface area contributed by atoms with Gasteiger partial charge in [0, 0.05) is 25.9 Å². The van der Waals surface area contributed by atoms with Crippen LogP contribution in [0.1, 0.15) is 12.5 Å². The van der Waals surface area contributed by atoms with Crippen molar-refractivity contribution in [2.75, 3.05) is 28.3 Å². The Balaban J connectivity index is 2.25. The molecule has 0 radical (unpaired) electrons. The number of imide groups is 2. The topological polar surface area (TPSA) is 88.5 Å².